The van der Waals surface area contributed by atoms with E-state index in [4.69, 9.17) is 16.3 Å². The standard InChI is InChI=1S/C14H21ClN2O/c1-18-14-6-5-12(10-13(14)15)17-9-7-11-4-2-3-8-16-11/h5-6,10-11,16-17H,2-4,7-9H2,1H3. The average molecular weight is 269 g/mol. The molecule has 1 fully saturated rings. The van der Waals surface area contributed by atoms with E-state index in [0.717, 1.165) is 24.4 Å². The number of halogens is 1. The predicted molar refractivity (Wildman–Crippen MR) is 76.8 cm³/mol. The number of rotatable bonds is 5. The second-order valence-corrected chi connectivity index (χ2v) is 5.12. The fourth-order valence-electron chi connectivity index (χ4n) is 2.34. The molecule has 1 aromatic rings. The molecule has 1 unspecified atom stereocenters. The summed E-state index contributed by atoms with van der Waals surface area (Å²) in [6, 6.07) is 6.47. The minimum absolute atomic E-state index is 0.651. The molecule has 0 bridgehead atoms. The molecule has 2 rings (SSSR count). The summed E-state index contributed by atoms with van der Waals surface area (Å²) in [7, 11) is 1.63. The lowest BCUT2D eigenvalue weighted by molar-refractivity contribution is 0.389. The number of methoxy groups -OCH3 is 1. The van der Waals surface area contributed by atoms with E-state index in [1.54, 1.807) is 7.11 Å². The van der Waals surface area contributed by atoms with E-state index >= 15 is 0 Å². The smallest absolute Gasteiger partial charge is 0.137 e. The van der Waals surface area contributed by atoms with E-state index < -0.39 is 0 Å². The molecule has 1 atom stereocenters. The summed E-state index contributed by atoms with van der Waals surface area (Å²) in [4.78, 5) is 0. The maximum absolute atomic E-state index is 6.08. The monoisotopic (exact) mass is 268 g/mol. The number of piperidine rings is 1. The van der Waals surface area contributed by atoms with Crippen LogP contribution in [0, 0.1) is 0 Å². The lowest BCUT2D eigenvalue weighted by atomic mass is 10.0. The summed E-state index contributed by atoms with van der Waals surface area (Å²) in [6.07, 6.45) is 5.12. The Labute approximate surface area is 114 Å². The van der Waals surface area contributed by atoms with Crippen molar-refractivity contribution in [1.82, 2.24) is 5.32 Å². The maximum Gasteiger partial charge on any atom is 0.137 e. The first-order valence-electron chi connectivity index (χ1n) is 6.60. The van der Waals surface area contributed by atoms with Crippen LogP contribution in [0.2, 0.25) is 5.02 Å². The number of hydrogen-bond acceptors (Lipinski definition) is 3. The normalized spacial score (nSPS) is 19.6. The molecule has 0 saturated carbocycles. The molecule has 0 radical (unpaired) electrons. The van der Waals surface area contributed by atoms with Crippen molar-refractivity contribution in [1.29, 1.82) is 0 Å². The molecule has 4 heteroatoms. The van der Waals surface area contributed by atoms with Crippen LogP contribution < -0.4 is 15.4 Å². The van der Waals surface area contributed by atoms with Crippen LogP contribution in [0.4, 0.5) is 5.69 Å². The van der Waals surface area contributed by atoms with Gasteiger partial charge in [-0.05, 0) is 44.0 Å². The van der Waals surface area contributed by atoms with Gasteiger partial charge in [0.1, 0.15) is 5.75 Å². The lowest BCUT2D eigenvalue weighted by Gasteiger charge is -2.23. The average Bonchev–Trinajstić information content (AvgIpc) is 2.40. The molecule has 0 amide bonds. The van der Waals surface area contributed by atoms with Crippen LogP contribution >= 0.6 is 11.6 Å². The molecule has 0 aliphatic carbocycles. The Morgan fingerprint density at radius 1 is 1.44 bits per heavy atom. The van der Waals surface area contributed by atoms with E-state index in [1.165, 1.54) is 25.8 Å². The van der Waals surface area contributed by atoms with E-state index in [1.807, 2.05) is 18.2 Å². The predicted octanol–water partition coefficient (Wildman–Crippen LogP) is 3.29. The van der Waals surface area contributed by atoms with Gasteiger partial charge in [0.2, 0.25) is 0 Å². The molecule has 1 saturated heterocycles. The minimum atomic E-state index is 0.651. The zero-order valence-corrected chi connectivity index (χ0v) is 11.6. The zero-order valence-electron chi connectivity index (χ0n) is 10.8. The third kappa shape index (κ3) is 3.79. The van der Waals surface area contributed by atoms with Gasteiger partial charge in [-0.1, -0.05) is 18.0 Å². The molecule has 1 aromatic carbocycles. The molecule has 1 aliphatic heterocycles. The fourth-order valence-corrected chi connectivity index (χ4v) is 2.60. The third-order valence-corrected chi connectivity index (χ3v) is 3.68. The highest BCUT2D eigenvalue weighted by Crippen LogP contribution is 2.27. The van der Waals surface area contributed by atoms with Crippen molar-refractivity contribution in [2.24, 2.45) is 0 Å². The Hall–Kier alpha value is -0.930. The van der Waals surface area contributed by atoms with Gasteiger partial charge in [-0.3, -0.25) is 0 Å². The van der Waals surface area contributed by atoms with E-state index in [9.17, 15) is 0 Å². The Bertz CT molecular complexity index is 378. The SMILES string of the molecule is COc1ccc(NCCC2CCCCN2)cc1Cl. The van der Waals surface area contributed by atoms with Gasteiger partial charge in [-0.2, -0.15) is 0 Å². The van der Waals surface area contributed by atoms with Crippen molar-refractivity contribution in [2.75, 3.05) is 25.5 Å². The molecule has 2 N–H and O–H groups in total. The summed E-state index contributed by atoms with van der Waals surface area (Å²) in [5.41, 5.74) is 1.05. The van der Waals surface area contributed by atoms with Gasteiger partial charge in [-0.15, -0.1) is 0 Å². The fraction of sp³-hybridized carbons (Fsp3) is 0.571. The summed E-state index contributed by atoms with van der Waals surface area (Å²) in [6.45, 7) is 2.14. The summed E-state index contributed by atoms with van der Waals surface area (Å²) in [5, 5.41) is 7.60. The van der Waals surface area contributed by atoms with Gasteiger partial charge in [0.25, 0.3) is 0 Å². The van der Waals surface area contributed by atoms with Crippen molar-refractivity contribution in [3.8, 4) is 5.75 Å². The molecule has 18 heavy (non-hydrogen) atoms. The van der Waals surface area contributed by atoms with Crippen LogP contribution in [-0.4, -0.2) is 26.2 Å². The quantitative estimate of drug-likeness (QED) is 0.860. The lowest BCUT2D eigenvalue weighted by Crippen LogP contribution is -2.35. The Kier molecular flexibility index (Phi) is 5.14. The minimum Gasteiger partial charge on any atom is -0.495 e. The van der Waals surface area contributed by atoms with Crippen molar-refractivity contribution in [3.63, 3.8) is 0 Å². The number of nitrogens with one attached hydrogen (secondary N) is 2. The van der Waals surface area contributed by atoms with Crippen LogP contribution in [0.25, 0.3) is 0 Å². The number of ether oxygens (including phenoxy) is 1. The van der Waals surface area contributed by atoms with E-state index in [-0.39, 0.29) is 0 Å². The van der Waals surface area contributed by atoms with Gasteiger partial charge < -0.3 is 15.4 Å². The van der Waals surface area contributed by atoms with Gasteiger partial charge in [0.15, 0.2) is 0 Å². The second-order valence-electron chi connectivity index (χ2n) is 4.71. The van der Waals surface area contributed by atoms with Crippen molar-refractivity contribution in [2.45, 2.75) is 31.7 Å². The van der Waals surface area contributed by atoms with Crippen LogP contribution in [0.3, 0.4) is 0 Å². The van der Waals surface area contributed by atoms with Crippen LogP contribution in [0.1, 0.15) is 25.7 Å². The van der Waals surface area contributed by atoms with Gasteiger partial charge in [-0.25, -0.2) is 0 Å². The van der Waals surface area contributed by atoms with E-state index in [0.29, 0.717) is 11.1 Å². The molecule has 0 aromatic heterocycles. The highest BCUT2D eigenvalue weighted by Gasteiger charge is 2.11. The third-order valence-electron chi connectivity index (χ3n) is 3.39. The summed E-state index contributed by atoms with van der Waals surface area (Å²) < 4.78 is 5.13. The highest BCUT2D eigenvalue weighted by molar-refractivity contribution is 6.32. The second kappa shape index (κ2) is 6.86. The number of benzene rings is 1. The first kappa shape index (κ1) is 13.5. The van der Waals surface area contributed by atoms with Crippen molar-refractivity contribution in [3.05, 3.63) is 23.2 Å². The molecule has 1 aliphatic rings. The van der Waals surface area contributed by atoms with Gasteiger partial charge in [0, 0.05) is 18.3 Å². The molecule has 100 valence electrons. The Morgan fingerprint density at radius 2 is 2.33 bits per heavy atom. The van der Waals surface area contributed by atoms with Crippen LogP contribution in [0.5, 0.6) is 5.75 Å². The van der Waals surface area contributed by atoms with Crippen LogP contribution in [-0.2, 0) is 0 Å². The molecule has 0 spiro atoms. The first-order valence-corrected chi connectivity index (χ1v) is 6.98. The van der Waals surface area contributed by atoms with Gasteiger partial charge >= 0.3 is 0 Å². The topological polar surface area (TPSA) is 33.3 Å². The number of anilines is 1. The van der Waals surface area contributed by atoms with Crippen molar-refractivity contribution >= 4 is 17.3 Å². The molecular weight excluding hydrogens is 248 g/mol. The van der Waals surface area contributed by atoms with Crippen LogP contribution in [0.15, 0.2) is 18.2 Å². The summed E-state index contributed by atoms with van der Waals surface area (Å²) in [5.74, 6) is 0.719. The molecule has 3 nitrogen and oxygen atoms in total. The Morgan fingerprint density at radius 3 is 3.00 bits per heavy atom. The zero-order chi connectivity index (χ0) is 12.8. The molecule has 1 heterocycles. The highest BCUT2D eigenvalue weighted by atomic mass is 35.5. The largest absolute Gasteiger partial charge is 0.495 e. The first-order chi connectivity index (χ1) is 8.79. The number of hydrogen-bond donors (Lipinski definition) is 2. The van der Waals surface area contributed by atoms with E-state index in [2.05, 4.69) is 10.6 Å². The van der Waals surface area contributed by atoms with Gasteiger partial charge in [0.05, 0.1) is 12.1 Å². The maximum atomic E-state index is 6.08. The summed E-state index contributed by atoms with van der Waals surface area (Å²) >= 11 is 6.08. The molecular formula is C14H21ClN2O. The van der Waals surface area contributed by atoms with Crippen molar-refractivity contribution < 1.29 is 4.74 Å². The Balaban J connectivity index is 1.77.